The van der Waals surface area contributed by atoms with E-state index < -0.39 is 5.97 Å². The van der Waals surface area contributed by atoms with E-state index in [1.807, 2.05) is 0 Å². The molecule has 0 fully saturated rings. The number of carbonyl (C=O) groups excluding carboxylic acids is 1. The van der Waals surface area contributed by atoms with E-state index in [2.05, 4.69) is 27.1 Å². The molecular weight excluding hydrogens is 428 g/mol. The number of nitrogens with zero attached hydrogens (tertiary/aromatic N) is 4. The first-order valence-electron chi connectivity index (χ1n) is 12.0. The molecule has 34 heavy (non-hydrogen) atoms. The van der Waals surface area contributed by atoms with E-state index in [1.54, 1.807) is 54.7 Å². The molecule has 0 radical (unpaired) electrons. The van der Waals surface area contributed by atoms with Crippen LogP contribution in [-0.4, -0.2) is 34.0 Å². The van der Waals surface area contributed by atoms with Gasteiger partial charge in [-0.2, -0.15) is 5.10 Å². The molecule has 0 bridgehead atoms. The van der Waals surface area contributed by atoms with E-state index in [0.717, 1.165) is 17.7 Å². The molecule has 7 heteroatoms. The summed E-state index contributed by atoms with van der Waals surface area (Å²) in [6.45, 7) is 2.94. The Morgan fingerprint density at radius 2 is 1.53 bits per heavy atom. The highest BCUT2D eigenvalue weighted by Gasteiger charge is 2.09. The summed E-state index contributed by atoms with van der Waals surface area (Å²) in [5.74, 6) is 1.08. The van der Waals surface area contributed by atoms with Gasteiger partial charge in [-0.1, -0.05) is 51.9 Å². The molecule has 178 valence electrons. The Morgan fingerprint density at radius 1 is 0.853 bits per heavy atom. The second-order valence-corrected chi connectivity index (χ2v) is 8.01. The largest absolute Gasteiger partial charge is 0.494 e. The van der Waals surface area contributed by atoms with Crippen molar-refractivity contribution in [2.45, 2.75) is 58.3 Å². The van der Waals surface area contributed by atoms with Gasteiger partial charge in [0.2, 0.25) is 0 Å². The summed E-state index contributed by atoms with van der Waals surface area (Å²) >= 11 is 0. The lowest BCUT2D eigenvalue weighted by Gasteiger charge is -2.08. The van der Waals surface area contributed by atoms with Gasteiger partial charge in [-0.25, -0.2) is 14.8 Å². The van der Waals surface area contributed by atoms with Crippen LogP contribution in [-0.2, 0) is 0 Å². The summed E-state index contributed by atoms with van der Waals surface area (Å²) in [5, 5.41) is 7.51. The van der Waals surface area contributed by atoms with Gasteiger partial charge in [0.15, 0.2) is 0 Å². The maximum absolute atomic E-state index is 12.4. The van der Waals surface area contributed by atoms with Crippen molar-refractivity contribution in [1.29, 1.82) is 0 Å². The molecular formula is C27H32N4O3. The van der Waals surface area contributed by atoms with Crippen LogP contribution in [0.5, 0.6) is 11.5 Å². The van der Waals surface area contributed by atoms with E-state index >= 15 is 0 Å². The third kappa shape index (κ3) is 9.10. The standard InChI is InChI=1S/C27H32N4O3/c1-2-3-4-5-6-7-8-9-20-33-24-16-12-23(13-17-24)26(32)34-25-14-10-22(11-15-25)21-29-27-28-18-19-30-31-27/h10-19,21H,2-9,20H2,1H3/b29-21+. The van der Waals surface area contributed by atoms with Crippen molar-refractivity contribution >= 4 is 18.1 Å². The molecule has 0 unspecified atom stereocenters. The average molecular weight is 461 g/mol. The SMILES string of the molecule is CCCCCCCCCCOc1ccc(C(=O)Oc2ccc(/C=N/c3nccnn3)cc2)cc1. The number of unbranched alkanes of at least 4 members (excludes halogenated alkanes) is 7. The predicted molar refractivity (Wildman–Crippen MR) is 133 cm³/mol. The first kappa shape index (κ1) is 25.0. The lowest BCUT2D eigenvalue weighted by molar-refractivity contribution is 0.0734. The Kier molecular flexibility index (Phi) is 10.7. The first-order valence-corrected chi connectivity index (χ1v) is 12.0. The minimum Gasteiger partial charge on any atom is -0.494 e. The van der Waals surface area contributed by atoms with Crippen LogP contribution in [0.2, 0.25) is 0 Å². The highest BCUT2D eigenvalue weighted by molar-refractivity contribution is 5.91. The first-order chi connectivity index (χ1) is 16.7. The van der Waals surface area contributed by atoms with Gasteiger partial charge in [-0.3, -0.25) is 0 Å². The summed E-state index contributed by atoms with van der Waals surface area (Å²) in [5.41, 5.74) is 1.30. The molecule has 0 N–H and O–H groups in total. The number of rotatable bonds is 14. The van der Waals surface area contributed by atoms with Crippen molar-refractivity contribution in [2.75, 3.05) is 6.61 Å². The van der Waals surface area contributed by atoms with Crippen molar-refractivity contribution in [3.8, 4) is 11.5 Å². The van der Waals surface area contributed by atoms with Crippen LogP contribution < -0.4 is 9.47 Å². The fourth-order valence-electron chi connectivity index (χ4n) is 3.33. The topological polar surface area (TPSA) is 86.6 Å². The molecule has 3 rings (SSSR count). The van der Waals surface area contributed by atoms with Gasteiger partial charge >= 0.3 is 5.97 Å². The van der Waals surface area contributed by atoms with E-state index in [4.69, 9.17) is 9.47 Å². The van der Waals surface area contributed by atoms with Crippen molar-refractivity contribution in [2.24, 2.45) is 4.99 Å². The van der Waals surface area contributed by atoms with Crippen molar-refractivity contribution < 1.29 is 14.3 Å². The predicted octanol–water partition coefficient (Wildman–Crippen LogP) is 6.36. The Morgan fingerprint density at radius 3 is 2.21 bits per heavy atom. The van der Waals surface area contributed by atoms with Gasteiger partial charge in [0.05, 0.1) is 24.6 Å². The number of aromatic nitrogens is 3. The van der Waals surface area contributed by atoms with Crippen molar-refractivity contribution in [3.05, 3.63) is 72.1 Å². The molecule has 2 aromatic carbocycles. The molecule has 0 aliphatic rings. The molecule has 0 aliphatic heterocycles. The normalized spacial score (nSPS) is 11.0. The number of carbonyl (C=O) groups is 1. The van der Waals surface area contributed by atoms with Gasteiger partial charge in [0.1, 0.15) is 11.5 Å². The van der Waals surface area contributed by atoms with Gasteiger partial charge in [-0.15, -0.1) is 5.10 Å². The summed E-state index contributed by atoms with van der Waals surface area (Å²) in [4.78, 5) is 20.6. The molecule has 1 aromatic heterocycles. The molecule has 0 aliphatic carbocycles. The highest BCUT2D eigenvalue weighted by Crippen LogP contribution is 2.17. The zero-order valence-corrected chi connectivity index (χ0v) is 19.7. The molecule has 1 heterocycles. The zero-order valence-electron chi connectivity index (χ0n) is 19.7. The minimum atomic E-state index is -0.417. The van der Waals surface area contributed by atoms with Gasteiger partial charge in [-0.05, 0) is 60.5 Å². The van der Waals surface area contributed by atoms with Crippen LogP contribution in [0, 0.1) is 0 Å². The van der Waals surface area contributed by atoms with E-state index in [0.29, 0.717) is 17.9 Å². The minimum absolute atomic E-state index is 0.281. The molecule has 0 atom stereocenters. The van der Waals surface area contributed by atoms with Crippen LogP contribution >= 0.6 is 0 Å². The summed E-state index contributed by atoms with van der Waals surface area (Å²) in [7, 11) is 0. The second kappa shape index (κ2) is 14.5. The number of ether oxygens (including phenoxy) is 2. The number of benzene rings is 2. The summed E-state index contributed by atoms with van der Waals surface area (Å²) in [6.07, 6.45) is 14.8. The quantitative estimate of drug-likeness (QED) is 0.120. The fraction of sp³-hybridized carbons (Fsp3) is 0.370. The Hall–Kier alpha value is -3.61. The van der Waals surface area contributed by atoms with E-state index in [-0.39, 0.29) is 5.95 Å². The Balaban J connectivity index is 1.37. The van der Waals surface area contributed by atoms with Gasteiger partial charge < -0.3 is 9.47 Å². The maximum atomic E-state index is 12.4. The van der Waals surface area contributed by atoms with Crippen molar-refractivity contribution in [1.82, 2.24) is 15.2 Å². The molecule has 3 aromatic rings. The lowest BCUT2D eigenvalue weighted by atomic mass is 10.1. The van der Waals surface area contributed by atoms with Crippen LogP contribution in [0.3, 0.4) is 0 Å². The fourth-order valence-corrected chi connectivity index (χ4v) is 3.33. The number of aliphatic imine (C=N–C) groups is 1. The molecule has 0 amide bonds. The van der Waals surface area contributed by atoms with Gasteiger partial charge in [0, 0.05) is 6.21 Å². The summed E-state index contributed by atoms with van der Waals surface area (Å²) < 4.78 is 11.3. The van der Waals surface area contributed by atoms with Crippen molar-refractivity contribution in [3.63, 3.8) is 0 Å². The van der Waals surface area contributed by atoms with Crippen LogP contribution in [0.15, 0.2) is 65.9 Å². The van der Waals surface area contributed by atoms with Crippen LogP contribution in [0.4, 0.5) is 5.95 Å². The third-order valence-corrected chi connectivity index (χ3v) is 5.25. The number of hydrogen-bond acceptors (Lipinski definition) is 7. The molecule has 0 saturated heterocycles. The average Bonchev–Trinajstić information content (AvgIpc) is 2.88. The number of esters is 1. The maximum Gasteiger partial charge on any atom is 0.343 e. The second-order valence-electron chi connectivity index (χ2n) is 8.01. The van der Waals surface area contributed by atoms with Crippen LogP contribution in [0.25, 0.3) is 0 Å². The van der Waals surface area contributed by atoms with Crippen LogP contribution in [0.1, 0.15) is 74.2 Å². The lowest BCUT2D eigenvalue weighted by Crippen LogP contribution is -2.08. The monoisotopic (exact) mass is 460 g/mol. The third-order valence-electron chi connectivity index (χ3n) is 5.25. The van der Waals surface area contributed by atoms with E-state index in [1.165, 1.54) is 57.3 Å². The Labute approximate surface area is 201 Å². The smallest absolute Gasteiger partial charge is 0.343 e. The van der Waals surface area contributed by atoms with Gasteiger partial charge in [0.25, 0.3) is 5.95 Å². The molecule has 7 nitrogen and oxygen atoms in total. The zero-order chi connectivity index (χ0) is 23.8. The molecule has 0 saturated carbocycles. The van der Waals surface area contributed by atoms with E-state index in [9.17, 15) is 4.79 Å². The Bertz CT molecular complexity index is 1010. The number of hydrogen-bond donors (Lipinski definition) is 0. The molecule has 0 spiro atoms. The highest BCUT2D eigenvalue weighted by atomic mass is 16.5. The summed E-state index contributed by atoms with van der Waals surface area (Å²) in [6, 6.07) is 14.1.